The molecule has 1 amide bonds. The van der Waals surface area contributed by atoms with Gasteiger partial charge in [0, 0.05) is 11.9 Å². The molecule has 0 bridgehead atoms. The Morgan fingerprint density at radius 3 is 2.73 bits per heavy atom. The van der Waals surface area contributed by atoms with E-state index in [4.69, 9.17) is 9.97 Å². The number of nitrogens with one attached hydrogen (secondary N) is 1. The van der Waals surface area contributed by atoms with Gasteiger partial charge in [-0.1, -0.05) is 42.1 Å². The molecule has 0 aliphatic heterocycles. The molecule has 4 aromatic rings. The highest BCUT2D eigenvalue weighted by atomic mass is 32.2. The van der Waals surface area contributed by atoms with Gasteiger partial charge in [0.2, 0.25) is 5.91 Å². The van der Waals surface area contributed by atoms with Crippen LogP contribution in [0.1, 0.15) is 6.92 Å². The smallest absolute Gasteiger partial charge is 0.233 e. The molecule has 0 spiro atoms. The maximum Gasteiger partial charge on any atom is 0.233 e. The largest absolute Gasteiger partial charge is 0.352 e. The molecule has 1 N–H and O–H groups in total. The Kier molecular flexibility index (Phi) is 4.34. The zero-order valence-electron chi connectivity index (χ0n) is 14.3. The van der Waals surface area contributed by atoms with E-state index in [0.717, 1.165) is 32.7 Å². The Balaban J connectivity index is 1.89. The molecule has 2 heterocycles. The molecule has 0 aliphatic carbocycles. The van der Waals surface area contributed by atoms with Gasteiger partial charge in [0.15, 0.2) is 5.16 Å². The summed E-state index contributed by atoms with van der Waals surface area (Å²) in [7, 11) is 0. The van der Waals surface area contributed by atoms with Crippen molar-refractivity contribution >= 4 is 45.3 Å². The molecule has 1 atom stereocenters. The summed E-state index contributed by atoms with van der Waals surface area (Å²) in [5, 5.41) is 4.31. The number of carbonyl (C=O) groups excluding carboxylic acids is 1. The fourth-order valence-electron chi connectivity index (χ4n) is 2.92. The van der Waals surface area contributed by atoms with Crippen LogP contribution in [0, 0.1) is 0 Å². The molecule has 130 valence electrons. The molecule has 0 radical (unpaired) electrons. The Morgan fingerprint density at radius 1 is 1.19 bits per heavy atom. The van der Waals surface area contributed by atoms with E-state index in [-0.39, 0.29) is 11.2 Å². The van der Waals surface area contributed by atoms with Crippen LogP contribution in [-0.4, -0.2) is 32.1 Å². The standard InChI is InChI=1S/C20H18N4OS/c1-3-12-21-19(25)13(2)26-20-23-15-9-5-4-8-14(15)18-22-16-10-6-7-11-17(16)24(18)20/h3-11,13H,1,12H2,2H3,(H,21,25). The van der Waals surface area contributed by atoms with E-state index >= 15 is 0 Å². The first-order valence-electron chi connectivity index (χ1n) is 8.40. The Hall–Kier alpha value is -2.86. The third kappa shape index (κ3) is 2.82. The molecule has 4 rings (SSSR count). The predicted octanol–water partition coefficient (Wildman–Crippen LogP) is 3.82. The second kappa shape index (κ2) is 6.80. The maximum absolute atomic E-state index is 12.3. The van der Waals surface area contributed by atoms with Gasteiger partial charge in [-0.05, 0) is 31.2 Å². The normalized spacial score (nSPS) is 12.5. The number of rotatable bonds is 5. The van der Waals surface area contributed by atoms with Gasteiger partial charge in [0.05, 0.1) is 21.8 Å². The summed E-state index contributed by atoms with van der Waals surface area (Å²) in [6.45, 7) is 5.97. The highest BCUT2D eigenvalue weighted by Crippen LogP contribution is 2.30. The predicted molar refractivity (Wildman–Crippen MR) is 107 cm³/mol. The van der Waals surface area contributed by atoms with Crippen LogP contribution in [0.15, 0.2) is 66.3 Å². The maximum atomic E-state index is 12.3. The van der Waals surface area contributed by atoms with Crippen molar-refractivity contribution in [3.05, 3.63) is 61.2 Å². The highest BCUT2D eigenvalue weighted by molar-refractivity contribution is 8.00. The summed E-state index contributed by atoms with van der Waals surface area (Å²) in [4.78, 5) is 21.9. The second-order valence-corrected chi connectivity index (χ2v) is 7.27. The van der Waals surface area contributed by atoms with Gasteiger partial charge in [0.25, 0.3) is 0 Å². The van der Waals surface area contributed by atoms with Crippen molar-refractivity contribution < 1.29 is 4.79 Å². The molecule has 6 heteroatoms. The number of imidazole rings is 1. The van der Waals surface area contributed by atoms with E-state index in [1.165, 1.54) is 11.8 Å². The minimum Gasteiger partial charge on any atom is -0.352 e. The van der Waals surface area contributed by atoms with Crippen LogP contribution in [0.3, 0.4) is 0 Å². The number of thioether (sulfide) groups is 1. The molecule has 0 aliphatic rings. The van der Waals surface area contributed by atoms with Crippen molar-refractivity contribution in [2.45, 2.75) is 17.3 Å². The molecule has 2 aromatic heterocycles. The van der Waals surface area contributed by atoms with Gasteiger partial charge < -0.3 is 5.32 Å². The lowest BCUT2D eigenvalue weighted by Crippen LogP contribution is -2.31. The van der Waals surface area contributed by atoms with Crippen molar-refractivity contribution in [2.24, 2.45) is 0 Å². The lowest BCUT2D eigenvalue weighted by Gasteiger charge is -2.13. The van der Waals surface area contributed by atoms with E-state index in [1.54, 1.807) is 6.08 Å². The summed E-state index contributed by atoms with van der Waals surface area (Å²) in [5.74, 6) is -0.0394. The molecule has 26 heavy (non-hydrogen) atoms. The van der Waals surface area contributed by atoms with E-state index in [1.807, 2.05) is 59.9 Å². The number of aromatic nitrogens is 3. The number of hydrogen-bond acceptors (Lipinski definition) is 4. The lowest BCUT2D eigenvalue weighted by atomic mass is 10.2. The SMILES string of the molecule is C=CCNC(=O)C(C)Sc1nc2ccccc2c2nc3ccccc3n12. The average Bonchev–Trinajstić information content (AvgIpc) is 3.06. The molecule has 1 unspecified atom stereocenters. The minimum absolute atomic E-state index is 0.0394. The van der Waals surface area contributed by atoms with E-state index in [9.17, 15) is 4.79 Å². The first kappa shape index (κ1) is 16.6. The number of hydrogen-bond donors (Lipinski definition) is 1. The number of para-hydroxylation sites is 3. The number of nitrogens with zero attached hydrogens (tertiary/aromatic N) is 3. The quantitative estimate of drug-likeness (QED) is 0.333. The topological polar surface area (TPSA) is 59.3 Å². The first-order chi connectivity index (χ1) is 12.7. The van der Waals surface area contributed by atoms with Crippen molar-refractivity contribution in [1.82, 2.24) is 19.7 Å². The van der Waals surface area contributed by atoms with E-state index in [0.29, 0.717) is 6.54 Å². The Morgan fingerprint density at radius 2 is 1.92 bits per heavy atom. The molecular formula is C20H18N4OS. The monoisotopic (exact) mass is 362 g/mol. The van der Waals surface area contributed by atoms with Crippen molar-refractivity contribution in [3.8, 4) is 0 Å². The van der Waals surface area contributed by atoms with Crippen molar-refractivity contribution in [2.75, 3.05) is 6.54 Å². The molecular weight excluding hydrogens is 344 g/mol. The van der Waals surface area contributed by atoms with Gasteiger partial charge in [-0.15, -0.1) is 6.58 Å². The van der Waals surface area contributed by atoms with Crippen molar-refractivity contribution in [3.63, 3.8) is 0 Å². The Labute approximate surface area is 155 Å². The number of fused-ring (bicyclic) bond motifs is 5. The van der Waals surface area contributed by atoms with Crippen LogP contribution >= 0.6 is 11.8 Å². The Bertz CT molecular complexity index is 1130. The van der Waals surface area contributed by atoms with Crippen LogP contribution in [0.25, 0.3) is 27.6 Å². The van der Waals surface area contributed by atoms with Crippen LogP contribution in [0.4, 0.5) is 0 Å². The third-order valence-electron chi connectivity index (χ3n) is 4.19. The zero-order valence-corrected chi connectivity index (χ0v) is 15.2. The van der Waals surface area contributed by atoms with Crippen LogP contribution < -0.4 is 5.32 Å². The highest BCUT2D eigenvalue weighted by Gasteiger charge is 2.19. The summed E-state index contributed by atoms with van der Waals surface area (Å²) in [6, 6.07) is 15.9. The molecule has 2 aromatic carbocycles. The second-order valence-electron chi connectivity index (χ2n) is 5.96. The summed E-state index contributed by atoms with van der Waals surface area (Å²) >= 11 is 1.43. The van der Waals surface area contributed by atoms with Gasteiger partial charge in [-0.25, -0.2) is 9.97 Å². The third-order valence-corrected chi connectivity index (χ3v) is 5.24. The summed E-state index contributed by atoms with van der Waals surface area (Å²) < 4.78 is 2.04. The number of amides is 1. The first-order valence-corrected chi connectivity index (χ1v) is 9.28. The summed E-state index contributed by atoms with van der Waals surface area (Å²) in [5.41, 5.74) is 3.63. The van der Waals surface area contributed by atoms with Gasteiger partial charge >= 0.3 is 0 Å². The molecule has 0 saturated heterocycles. The fourth-order valence-corrected chi connectivity index (χ4v) is 3.87. The zero-order chi connectivity index (χ0) is 18.1. The van der Waals surface area contributed by atoms with Crippen LogP contribution in [0.2, 0.25) is 0 Å². The van der Waals surface area contributed by atoms with Gasteiger partial charge in [-0.3, -0.25) is 9.20 Å². The molecule has 0 saturated carbocycles. The average molecular weight is 362 g/mol. The van der Waals surface area contributed by atoms with Crippen LogP contribution in [0.5, 0.6) is 0 Å². The lowest BCUT2D eigenvalue weighted by molar-refractivity contribution is -0.120. The van der Waals surface area contributed by atoms with Gasteiger partial charge in [-0.2, -0.15) is 0 Å². The van der Waals surface area contributed by atoms with E-state index in [2.05, 4.69) is 11.9 Å². The molecule has 0 fully saturated rings. The number of carbonyl (C=O) groups is 1. The van der Waals surface area contributed by atoms with E-state index < -0.39 is 0 Å². The minimum atomic E-state index is -0.284. The van der Waals surface area contributed by atoms with Gasteiger partial charge in [0.1, 0.15) is 5.65 Å². The van der Waals surface area contributed by atoms with Crippen molar-refractivity contribution in [1.29, 1.82) is 0 Å². The van der Waals surface area contributed by atoms with Crippen LogP contribution in [-0.2, 0) is 4.79 Å². The summed E-state index contributed by atoms with van der Waals surface area (Å²) in [6.07, 6.45) is 1.67. The fraction of sp³-hybridized carbons (Fsp3) is 0.150. The molecule has 5 nitrogen and oxygen atoms in total. The number of benzene rings is 2.